The van der Waals surface area contributed by atoms with Gasteiger partial charge < -0.3 is 5.11 Å². The number of nitrogens with zero attached hydrogens (tertiary/aromatic N) is 1. The highest BCUT2D eigenvalue weighted by molar-refractivity contribution is 4.91. The van der Waals surface area contributed by atoms with Gasteiger partial charge in [0.15, 0.2) is 0 Å². The third-order valence-corrected chi connectivity index (χ3v) is 5.27. The molecular weight excluding hydrogens is 198 g/mol. The number of likely N-dealkylation sites (tertiary alicyclic amines) is 1. The Morgan fingerprint density at radius 1 is 1.12 bits per heavy atom. The Kier molecular flexibility index (Phi) is 3.91. The van der Waals surface area contributed by atoms with Gasteiger partial charge in [0.05, 0.1) is 6.10 Å². The van der Waals surface area contributed by atoms with Crippen LogP contribution in [0.4, 0.5) is 0 Å². The lowest BCUT2D eigenvalue weighted by Crippen LogP contribution is -2.47. The van der Waals surface area contributed by atoms with Crippen LogP contribution >= 0.6 is 0 Å². The Hall–Kier alpha value is -0.0800. The van der Waals surface area contributed by atoms with Crippen LogP contribution in [-0.4, -0.2) is 35.2 Å². The van der Waals surface area contributed by atoms with Crippen molar-refractivity contribution in [3.8, 4) is 0 Å². The van der Waals surface area contributed by atoms with Gasteiger partial charge in [-0.3, -0.25) is 4.90 Å². The molecule has 1 heterocycles. The lowest BCUT2D eigenvalue weighted by atomic mass is 9.74. The molecule has 0 aromatic carbocycles. The fourth-order valence-corrected chi connectivity index (χ4v) is 3.63. The van der Waals surface area contributed by atoms with Crippen LogP contribution < -0.4 is 0 Å². The second-order valence-electron chi connectivity index (χ2n) is 5.81. The van der Waals surface area contributed by atoms with Crippen molar-refractivity contribution in [3.05, 3.63) is 0 Å². The number of hydrogen-bond donors (Lipinski definition) is 1. The Balaban J connectivity index is 1.89. The van der Waals surface area contributed by atoms with Gasteiger partial charge in [-0.1, -0.05) is 26.7 Å². The molecule has 0 aromatic rings. The number of aliphatic hydroxyl groups excluding tert-OH is 1. The minimum Gasteiger partial charge on any atom is -0.391 e. The van der Waals surface area contributed by atoms with E-state index in [1.807, 2.05) is 0 Å². The molecular formula is C14H27NO. The van der Waals surface area contributed by atoms with Crippen LogP contribution in [0, 0.1) is 5.41 Å². The highest BCUT2D eigenvalue weighted by atomic mass is 16.3. The molecule has 1 aliphatic carbocycles. The van der Waals surface area contributed by atoms with Crippen molar-refractivity contribution in [2.24, 2.45) is 5.41 Å². The summed E-state index contributed by atoms with van der Waals surface area (Å²) >= 11 is 0. The van der Waals surface area contributed by atoms with Gasteiger partial charge in [-0.15, -0.1) is 0 Å². The number of hydrogen-bond acceptors (Lipinski definition) is 2. The molecule has 2 atom stereocenters. The molecule has 0 amide bonds. The van der Waals surface area contributed by atoms with Crippen LogP contribution in [0.15, 0.2) is 0 Å². The Morgan fingerprint density at radius 2 is 1.75 bits per heavy atom. The predicted molar refractivity (Wildman–Crippen MR) is 67.5 cm³/mol. The predicted octanol–water partition coefficient (Wildman–Crippen LogP) is 2.80. The van der Waals surface area contributed by atoms with Crippen molar-refractivity contribution < 1.29 is 5.11 Å². The van der Waals surface area contributed by atoms with Gasteiger partial charge in [0.2, 0.25) is 0 Å². The van der Waals surface area contributed by atoms with Crippen LogP contribution in [0.5, 0.6) is 0 Å². The van der Waals surface area contributed by atoms with Crippen LogP contribution in [0.2, 0.25) is 0 Å². The quantitative estimate of drug-likeness (QED) is 0.798. The number of rotatable bonds is 3. The van der Waals surface area contributed by atoms with E-state index >= 15 is 0 Å². The highest BCUT2D eigenvalue weighted by Crippen LogP contribution is 2.39. The summed E-state index contributed by atoms with van der Waals surface area (Å²) < 4.78 is 0. The Labute approximate surface area is 100 Å². The summed E-state index contributed by atoms with van der Waals surface area (Å²) in [4.78, 5) is 2.56. The molecule has 0 unspecified atom stereocenters. The first-order valence-corrected chi connectivity index (χ1v) is 7.13. The molecule has 2 fully saturated rings. The lowest BCUT2D eigenvalue weighted by Gasteiger charge is -2.43. The SMILES string of the molecule is CCC1(CC)CCN([C@@H]2CCC[C@H]2O)CC1. The van der Waals surface area contributed by atoms with Crippen molar-refractivity contribution in [2.75, 3.05) is 13.1 Å². The van der Waals surface area contributed by atoms with E-state index < -0.39 is 0 Å². The molecule has 1 saturated carbocycles. The maximum absolute atomic E-state index is 9.94. The van der Waals surface area contributed by atoms with E-state index in [2.05, 4.69) is 18.7 Å². The zero-order chi connectivity index (χ0) is 11.6. The average molecular weight is 225 g/mol. The molecule has 1 saturated heterocycles. The minimum absolute atomic E-state index is 0.0456. The fourth-order valence-electron chi connectivity index (χ4n) is 3.63. The molecule has 0 aromatic heterocycles. The maximum Gasteiger partial charge on any atom is 0.0695 e. The standard InChI is InChI=1S/C14H27NO/c1-3-14(4-2)8-10-15(11-9-14)12-6-5-7-13(12)16/h12-13,16H,3-11H2,1-2H3/t12-,13-/m1/s1. The summed E-state index contributed by atoms with van der Waals surface area (Å²) in [6, 6.07) is 0.478. The molecule has 1 aliphatic heterocycles. The third kappa shape index (κ3) is 2.28. The van der Waals surface area contributed by atoms with Crippen LogP contribution in [0.1, 0.15) is 58.8 Å². The monoisotopic (exact) mass is 225 g/mol. The summed E-state index contributed by atoms with van der Waals surface area (Å²) in [5.74, 6) is 0. The van der Waals surface area contributed by atoms with Crippen molar-refractivity contribution in [2.45, 2.75) is 70.9 Å². The van der Waals surface area contributed by atoms with E-state index in [1.54, 1.807) is 0 Å². The zero-order valence-electron chi connectivity index (χ0n) is 10.9. The first-order valence-electron chi connectivity index (χ1n) is 7.13. The fraction of sp³-hybridized carbons (Fsp3) is 1.00. The molecule has 2 nitrogen and oxygen atoms in total. The molecule has 2 aliphatic rings. The Bertz CT molecular complexity index is 215. The smallest absolute Gasteiger partial charge is 0.0695 e. The van der Waals surface area contributed by atoms with E-state index in [1.165, 1.54) is 51.6 Å². The molecule has 2 heteroatoms. The van der Waals surface area contributed by atoms with E-state index in [-0.39, 0.29) is 6.10 Å². The largest absolute Gasteiger partial charge is 0.391 e. The van der Waals surface area contributed by atoms with E-state index in [4.69, 9.17) is 0 Å². The Morgan fingerprint density at radius 3 is 2.19 bits per heavy atom. The lowest BCUT2D eigenvalue weighted by molar-refractivity contribution is 0.0199. The highest BCUT2D eigenvalue weighted by Gasteiger charge is 2.37. The first-order chi connectivity index (χ1) is 7.71. The van der Waals surface area contributed by atoms with Gasteiger partial charge >= 0.3 is 0 Å². The molecule has 2 rings (SSSR count). The van der Waals surface area contributed by atoms with Crippen LogP contribution in [-0.2, 0) is 0 Å². The topological polar surface area (TPSA) is 23.5 Å². The minimum atomic E-state index is -0.0456. The third-order valence-electron chi connectivity index (χ3n) is 5.27. The molecule has 0 bridgehead atoms. The maximum atomic E-state index is 9.94. The summed E-state index contributed by atoms with van der Waals surface area (Å²) in [5.41, 5.74) is 0.611. The van der Waals surface area contributed by atoms with Crippen molar-refractivity contribution in [3.63, 3.8) is 0 Å². The average Bonchev–Trinajstić information content (AvgIpc) is 2.76. The first kappa shape index (κ1) is 12.4. The molecule has 16 heavy (non-hydrogen) atoms. The van der Waals surface area contributed by atoms with Gasteiger partial charge in [-0.2, -0.15) is 0 Å². The van der Waals surface area contributed by atoms with Gasteiger partial charge in [-0.25, -0.2) is 0 Å². The summed E-state index contributed by atoms with van der Waals surface area (Å²) in [7, 11) is 0. The molecule has 94 valence electrons. The van der Waals surface area contributed by atoms with Gasteiger partial charge in [0.1, 0.15) is 0 Å². The van der Waals surface area contributed by atoms with Crippen molar-refractivity contribution in [1.29, 1.82) is 0 Å². The van der Waals surface area contributed by atoms with Gasteiger partial charge in [-0.05, 0) is 50.6 Å². The molecule has 1 N–H and O–H groups in total. The van der Waals surface area contributed by atoms with Crippen molar-refractivity contribution in [1.82, 2.24) is 4.90 Å². The van der Waals surface area contributed by atoms with Crippen LogP contribution in [0.25, 0.3) is 0 Å². The van der Waals surface area contributed by atoms with E-state index in [9.17, 15) is 5.11 Å². The van der Waals surface area contributed by atoms with E-state index in [0.29, 0.717) is 11.5 Å². The van der Waals surface area contributed by atoms with Crippen molar-refractivity contribution >= 4 is 0 Å². The normalized spacial score (nSPS) is 35.4. The second kappa shape index (κ2) is 5.05. The summed E-state index contributed by atoms with van der Waals surface area (Å²) in [6.07, 6.45) is 8.73. The molecule has 0 radical (unpaired) electrons. The summed E-state index contributed by atoms with van der Waals surface area (Å²) in [5, 5.41) is 9.94. The van der Waals surface area contributed by atoms with E-state index in [0.717, 1.165) is 6.42 Å². The van der Waals surface area contributed by atoms with Crippen LogP contribution in [0.3, 0.4) is 0 Å². The number of piperidine rings is 1. The summed E-state index contributed by atoms with van der Waals surface area (Å²) in [6.45, 7) is 7.10. The molecule has 0 spiro atoms. The van der Waals surface area contributed by atoms with Gasteiger partial charge in [0, 0.05) is 6.04 Å². The van der Waals surface area contributed by atoms with Gasteiger partial charge in [0.25, 0.3) is 0 Å². The zero-order valence-corrected chi connectivity index (χ0v) is 10.9. The number of aliphatic hydroxyl groups is 1. The second-order valence-corrected chi connectivity index (χ2v) is 5.81.